The van der Waals surface area contributed by atoms with Gasteiger partial charge in [-0.1, -0.05) is 45.0 Å². The van der Waals surface area contributed by atoms with Crippen LogP contribution in [-0.4, -0.2) is 28.2 Å². The van der Waals surface area contributed by atoms with E-state index in [1.165, 1.54) is 5.56 Å². The van der Waals surface area contributed by atoms with Crippen molar-refractivity contribution in [1.29, 1.82) is 0 Å². The summed E-state index contributed by atoms with van der Waals surface area (Å²) in [5.41, 5.74) is 5.86. The average molecular weight is 519 g/mol. The zero-order chi connectivity index (χ0) is 26.6. The molecule has 0 aliphatic heterocycles. The Morgan fingerprint density at radius 3 is 2.27 bits per heavy atom. The summed E-state index contributed by atoms with van der Waals surface area (Å²) in [6.45, 7) is 12.7. The number of anilines is 2. The minimum absolute atomic E-state index is 0.0187. The van der Waals surface area contributed by atoms with Crippen LogP contribution in [0.25, 0.3) is 22.2 Å². The summed E-state index contributed by atoms with van der Waals surface area (Å²) >= 11 is 0. The van der Waals surface area contributed by atoms with E-state index in [1.54, 1.807) is 20.0 Å². The molecule has 0 atom stereocenters. The Hall–Kier alpha value is -3.12. The molecule has 7 nitrogen and oxygen atoms in total. The highest BCUT2D eigenvalue weighted by atomic mass is 31.2. The maximum Gasteiger partial charge on any atom is 0.338 e. The van der Waals surface area contributed by atoms with Crippen molar-refractivity contribution in [1.82, 2.24) is 15.0 Å². The van der Waals surface area contributed by atoms with Crippen molar-refractivity contribution < 1.29 is 13.6 Å². The quantitative estimate of drug-likeness (QED) is 0.226. The van der Waals surface area contributed by atoms with Crippen LogP contribution in [0.1, 0.15) is 51.6 Å². The van der Waals surface area contributed by atoms with Gasteiger partial charge in [-0.2, -0.15) is 0 Å². The molecular weight excluding hydrogens is 483 g/mol. The van der Waals surface area contributed by atoms with Crippen LogP contribution >= 0.6 is 7.60 Å². The Labute approximate surface area is 219 Å². The van der Waals surface area contributed by atoms with Crippen LogP contribution in [0.5, 0.6) is 0 Å². The molecule has 2 heterocycles. The molecule has 2 aromatic carbocycles. The van der Waals surface area contributed by atoms with Crippen molar-refractivity contribution in [2.24, 2.45) is 0 Å². The zero-order valence-corrected chi connectivity index (χ0v) is 23.3. The van der Waals surface area contributed by atoms with Gasteiger partial charge >= 0.3 is 7.60 Å². The van der Waals surface area contributed by atoms with E-state index in [-0.39, 0.29) is 24.8 Å². The third-order valence-electron chi connectivity index (χ3n) is 6.03. The van der Waals surface area contributed by atoms with E-state index in [9.17, 15) is 4.57 Å². The van der Waals surface area contributed by atoms with Gasteiger partial charge in [-0.15, -0.1) is 0 Å². The summed E-state index contributed by atoms with van der Waals surface area (Å²) in [5.74, 6) is 1.02. The van der Waals surface area contributed by atoms with Gasteiger partial charge in [0.15, 0.2) is 0 Å². The summed E-state index contributed by atoms with van der Waals surface area (Å²) < 4.78 is 24.3. The number of hydrogen-bond donors (Lipinski definition) is 1. The van der Waals surface area contributed by atoms with Crippen LogP contribution in [0, 0.1) is 6.92 Å². The third kappa shape index (κ3) is 6.42. The van der Waals surface area contributed by atoms with Crippen LogP contribution in [0.4, 0.5) is 11.5 Å². The highest BCUT2D eigenvalue weighted by Gasteiger charge is 2.27. The number of rotatable bonds is 9. The topological polar surface area (TPSA) is 86.2 Å². The van der Waals surface area contributed by atoms with Crippen LogP contribution in [0.2, 0.25) is 0 Å². The standard InChI is InChI=1S/C29H35N4O3P/c1-7-35-37(34,36-8-2)19-26-32-25-18-21(27-20(3)10-9-17-30-27)11-16-24(25)28(33-26)31-23-14-12-22(13-15-23)29(4,5)6/h9-18H,7-8,19H2,1-6H3,(H,31,32,33). The molecule has 0 saturated heterocycles. The third-order valence-corrected chi connectivity index (χ3v) is 8.00. The van der Waals surface area contributed by atoms with Gasteiger partial charge in [-0.25, -0.2) is 9.97 Å². The largest absolute Gasteiger partial charge is 0.340 e. The Morgan fingerprint density at radius 1 is 0.946 bits per heavy atom. The lowest BCUT2D eigenvalue weighted by molar-refractivity contribution is 0.218. The van der Waals surface area contributed by atoms with Crippen molar-refractivity contribution in [3.63, 3.8) is 0 Å². The van der Waals surface area contributed by atoms with Gasteiger partial charge in [-0.05, 0) is 67.6 Å². The van der Waals surface area contributed by atoms with Gasteiger partial charge in [-0.3, -0.25) is 9.55 Å². The van der Waals surface area contributed by atoms with E-state index in [4.69, 9.17) is 19.0 Å². The molecule has 0 unspecified atom stereocenters. The molecule has 2 aromatic heterocycles. The number of nitrogens with one attached hydrogen (secondary N) is 1. The number of pyridine rings is 1. The summed E-state index contributed by atoms with van der Waals surface area (Å²) in [4.78, 5) is 14.1. The highest BCUT2D eigenvalue weighted by Crippen LogP contribution is 2.51. The first kappa shape index (κ1) is 26.9. The second-order valence-corrected chi connectivity index (χ2v) is 12.0. The molecule has 0 aliphatic rings. The molecule has 1 N–H and O–H groups in total. The van der Waals surface area contributed by atoms with E-state index >= 15 is 0 Å². The molecule has 0 spiro atoms. The fourth-order valence-corrected chi connectivity index (χ4v) is 5.70. The predicted molar refractivity (Wildman–Crippen MR) is 150 cm³/mol. The average Bonchev–Trinajstić information content (AvgIpc) is 2.84. The van der Waals surface area contributed by atoms with Crippen molar-refractivity contribution in [3.8, 4) is 11.3 Å². The number of nitrogens with zero attached hydrogens (tertiary/aromatic N) is 3. The Balaban J connectivity index is 1.80. The molecular formula is C29H35N4O3P. The minimum atomic E-state index is -3.39. The Bertz CT molecular complexity index is 1420. The molecule has 0 bridgehead atoms. The molecule has 4 aromatic rings. The fourth-order valence-electron chi connectivity index (χ4n) is 4.16. The SMILES string of the molecule is CCOP(=O)(Cc1nc(Nc2ccc(C(C)(C)C)cc2)c2ccc(-c3ncccc3C)cc2n1)OCC. The maximum atomic E-state index is 13.3. The lowest BCUT2D eigenvalue weighted by atomic mass is 9.87. The van der Waals surface area contributed by atoms with Crippen LogP contribution in [0.15, 0.2) is 60.8 Å². The first-order valence-corrected chi connectivity index (χ1v) is 14.3. The van der Waals surface area contributed by atoms with Gasteiger partial charge in [0.1, 0.15) is 17.8 Å². The van der Waals surface area contributed by atoms with Crippen molar-refractivity contribution >= 4 is 30.0 Å². The van der Waals surface area contributed by atoms with Crippen molar-refractivity contribution in [2.45, 2.75) is 53.1 Å². The minimum Gasteiger partial charge on any atom is -0.340 e. The van der Waals surface area contributed by atoms with Gasteiger partial charge in [0.05, 0.1) is 24.4 Å². The lowest BCUT2D eigenvalue weighted by Gasteiger charge is -2.20. The lowest BCUT2D eigenvalue weighted by Crippen LogP contribution is -2.10. The first-order valence-electron chi connectivity index (χ1n) is 12.6. The molecule has 0 radical (unpaired) electrons. The van der Waals surface area contributed by atoms with E-state index in [1.807, 2.05) is 49.4 Å². The molecule has 0 saturated carbocycles. The summed E-state index contributed by atoms with van der Waals surface area (Å²) in [5, 5.41) is 4.30. The zero-order valence-electron chi connectivity index (χ0n) is 22.4. The van der Waals surface area contributed by atoms with Crippen LogP contribution in [-0.2, 0) is 25.2 Å². The second kappa shape index (κ2) is 11.1. The van der Waals surface area contributed by atoms with E-state index in [0.717, 1.165) is 33.4 Å². The molecule has 8 heteroatoms. The van der Waals surface area contributed by atoms with E-state index < -0.39 is 7.60 Å². The molecule has 0 amide bonds. The first-order chi connectivity index (χ1) is 17.6. The normalized spacial score (nSPS) is 12.2. The highest BCUT2D eigenvalue weighted by molar-refractivity contribution is 7.53. The smallest absolute Gasteiger partial charge is 0.338 e. The van der Waals surface area contributed by atoms with Gasteiger partial charge in [0.2, 0.25) is 0 Å². The van der Waals surface area contributed by atoms with E-state index in [2.05, 4.69) is 43.2 Å². The maximum absolute atomic E-state index is 13.3. The number of benzene rings is 2. The Morgan fingerprint density at radius 2 is 1.65 bits per heavy atom. The van der Waals surface area contributed by atoms with E-state index in [0.29, 0.717) is 11.6 Å². The summed E-state index contributed by atoms with van der Waals surface area (Å²) in [7, 11) is -3.39. The number of aryl methyl sites for hydroxylation is 1. The van der Waals surface area contributed by atoms with Crippen molar-refractivity contribution in [3.05, 3.63) is 77.7 Å². The summed E-state index contributed by atoms with van der Waals surface area (Å²) in [6.07, 6.45) is 1.77. The number of hydrogen-bond acceptors (Lipinski definition) is 7. The monoisotopic (exact) mass is 518 g/mol. The van der Waals surface area contributed by atoms with Gasteiger partial charge in [0, 0.05) is 22.8 Å². The molecule has 194 valence electrons. The van der Waals surface area contributed by atoms with Gasteiger partial charge < -0.3 is 14.4 Å². The molecule has 0 aliphatic carbocycles. The van der Waals surface area contributed by atoms with Crippen LogP contribution in [0.3, 0.4) is 0 Å². The number of aromatic nitrogens is 3. The Kier molecular flexibility index (Phi) is 8.08. The number of fused-ring (bicyclic) bond motifs is 1. The molecule has 4 rings (SSSR count). The predicted octanol–water partition coefficient (Wildman–Crippen LogP) is 7.81. The summed E-state index contributed by atoms with van der Waals surface area (Å²) in [6, 6.07) is 18.3. The van der Waals surface area contributed by atoms with Crippen LogP contribution < -0.4 is 5.32 Å². The molecule has 0 fully saturated rings. The van der Waals surface area contributed by atoms with Crippen molar-refractivity contribution in [2.75, 3.05) is 18.5 Å². The molecule has 37 heavy (non-hydrogen) atoms. The second-order valence-electron chi connectivity index (χ2n) is 9.95. The fraction of sp³-hybridized carbons (Fsp3) is 0.345. The van der Waals surface area contributed by atoms with Gasteiger partial charge in [0.25, 0.3) is 0 Å².